The second-order valence-electron chi connectivity index (χ2n) is 3.98. The van der Waals surface area contributed by atoms with Crippen LogP contribution in [0, 0.1) is 0 Å². The van der Waals surface area contributed by atoms with Crippen LogP contribution in [0.1, 0.15) is 13.3 Å². The third-order valence-electron chi connectivity index (χ3n) is 2.78. The number of carbonyl (C=O) groups excluding carboxylic acids is 2. The summed E-state index contributed by atoms with van der Waals surface area (Å²) in [6, 6.07) is 0.275. The van der Waals surface area contributed by atoms with Crippen LogP contribution >= 0.6 is 0 Å². The maximum atomic E-state index is 11.5. The monoisotopic (exact) mass is 197 g/mol. The third kappa shape index (κ3) is 1.59. The Balaban J connectivity index is 2.08. The van der Waals surface area contributed by atoms with E-state index in [4.69, 9.17) is 0 Å². The van der Waals surface area contributed by atoms with E-state index in [-0.39, 0.29) is 18.0 Å². The maximum Gasteiger partial charge on any atom is 0.312 e. The van der Waals surface area contributed by atoms with Gasteiger partial charge in [-0.15, -0.1) is 0 Å². The van der Waals surface area contributed by atoms with Gasteiger partial charge in [-0.1, -0.05) is 0 Å². The van der Waals surface area contributed by atoms with Gasteiger partial charge in [0.2, 0.25) is 0 Å². The molecule has 2 amide bonds. The number of hydrogen-bond acceptors (Lipinski definition) is 3. The van der Waals surface area contributed by atoms with E-state index in [9.17, 15) is 9.59 Å². The van der Waals surface area contributed by atoms with Crippen LogP contribution in [0.15, 0.2) is 0 Å². The van der Waals surface area contributed by atoms with Gasteiger partial charge in [-0.2, -0.15) is 0 Å². The number of piperazine rings is 1. The Morgan fingerprint density at radius 2 is 2.21 bits per heavy atom. The number of nitrogens with zero attached hydrogens (tertiary/aromatic N) is 1. The number of carbonyl (C=O) groups is 2. The largest absolute Gasteiger partial charge is 0.344 e. The Bertz CT molecular complexity index is 261. The molecular formula is C9H15N3O2. The molecule has 0 saturated carbocycles. The molecular weight excluding hydrogens is 182 g/mol. The number of amides is 2. The minimum Gasteiger partial charge on any atom is -0.344 e. The highest BCUT2D eigenvalue weighted by atomic mass is 16.2. The third-order valence-corrected chi connectivity index (χ3v) is 2.78. The normalized spacial score (nSPS) is 33.4. The smallest absolute Gasteiger partial charge is 0.312 e. The quantitative estimate of drug-likeness (QED) is 0.513. The summed E-state index contributed by atoms with van der Waals surface area (Å²) >= 11 is 0. The molecule has 0 aliphatic carbocycles. The first-order chi connectivity index (χ1) is 6.68. The summed E-state index contributed by atoms with van der Waals surface area (Å²) in [4.78, 5) is 24.5. The molecule has 2 unspecified atom stereocenters. The molecule has 0 aromatic carbocycles. The number of nitrogens with one attached hydrogen (secondary N) is 2. The molecule has 5 nitrogen and oxygen atoms in total. The summed E-state index contributed by atoms with van der Waals surface area (Å²) < 4.78 is 0. The van der Waals surface area contributed by atoms with Crippen molar-refractivity contribution < 1.29 is 9.59 Å². The fourth-order valence-electron chi connectivity index (χ4n) is 2.06. The Morgan fingerprint density at radius 3 is 2.86 bits per heavy atom. The van der Waals surface area contributed by atoms with Gasteiger partial charge in [0, 0.05) is 25.2 Å². The molecule has 2 aliphatic heterocycles. The molecule has 2 fully saturated rings. The average Bonchev–Trinajstić information content (AvgIpc) is 2.63. The average molecular weight is 197 g/mol. The lowest BCUT2D eigenvalue weighted by atomic mass is 10.1. The Kier molecular flexibility index (Phi) is 2.41. The summed E-state index contributed by atoms with van der Waals surface area (Å²) in [6.45, 7) is 4.30. The zero-order chi connectivity index (χ0) is 10.1. The summed E-state index contributed by atoms with van der Waals surface area (Å²) in [5.41, 5.74) is 0. The molecule has 2 atom stereocenters. The van der Waals surface area contributed by atoms with Gasteiger partial charge in [0.1, 0.15) is 0 Å². The van der Waals surface area contributed by atoms with E-state index in [1.807, 2.05) is 6.92 Å². The molecule has 0 bridgehead atoms. The molecule has 0 aromatic rings. The molecule has 78 valence electrons. The van der Waals surface area contributed by atoms with Crippen LogP contribution in [-0.4, -0.2) is 48.4 Å². The van der Waals surface area contributed by atoms with Gasteiger partial charge in [0.25, 0.3) is 0 Å². The van der Waals surface area contributed by atoms with Gasteiger partial charge >= 0.3 is 11.8 Å². The second-order valence-corrected chi connectivity index (χ2v) is 3.98. The van der Waals surface area contributed by atoms with Crippen molar-refractivity contribution in [1.29, 1.82) is 0 Å². The van der Waals surface area contributed by atoms with Crippen LogP contribution in [0.3, 0.4) is 0 Å². The zero-order valence-corrected chi connectivity index (χ0v) is 8.25. The second kappa shape index (κ2) is 3.57. The molecule has 2 rings (SSSR count). The first-order valence-electron chi connectivity index (χ1n) is 5.00. The lowest BCUT2D eigenvalue weighted by Gasteiger charge is -2.34. The zero-order valence-electron chi connectivity index (χ0n) is 8.25. The molecule has 0 aromatic heterocycles. The van der Waals surface area contributed by atoms with E-state index >= 15 is 0 Å². The van der Waals surface area contributed by atoms with Crippen LogP contribution in [0.25, 0.3) is 0 Å². The van der Waals surface area contributed by atoms with Gasteiger partial charge in [-0.3, -0.25) is 9.59 Å². The van der Waals surface area contributed by atoms with Crippen LogP contribution in [0.2, 0.25) is 0 Å². The lowest BCUT2D eigenvalue weighted by Crippen LogP contribution is -2.59. The fourth-order valence-corrected chi connectivity index (χ4v) is 2.06. The SMILES string of the molecule is CC1CN(C2CCNC2)C(=O)C(=O)N1. The van der Waals surface area contributed by atoms with E-state index in [0.29, 0.717) is 6.54 Å². The summed E-state index contributed by atoms with van der Waals surface area (Å²) in [6.07, 6.45) is 0.950. The number of rotatable bonds is 1. The highest BCUT2D eigenvalue weighted by Crippen LogP contribution is 2.12. The number of hydrogen-bond donors (Lipinski definition) is 2. The van der Waals surface area contributed by atoms with Gasteiger partial charge in [-0.05, 0) is 19.9 Å². The Morgan fingerprint density at radius 1 is 1.43 bits per heavy atom. The predicted octanol–water partition coefficient (Wildman–Crippen LogP) is -1.30. The minimum absolute atomic E-state index is 0.0702. The Labute approximate surface area is 82.8 Å². The molecule has 14 heavy (non-hydrogen) atoms. The van der Waals surface area contributed by atoms with Crippen LogP contribution < -0.4 is 10.6 Å². The molecule has 2 heterocycles. The van der Waals surface area contributed by atoms with E-state index in [1.54, 1.807) is 4.90 Å². The molecule has 0 radical (unpaired) electrons. The van der Waals surface area contributed by atoms with Gasteiger partial charge in [-0.25, -0.2) is 0 Å². The van der Waals surface area contributed by atoms with Crippen molar-refractivity contribution in [1.82, 2.24) is 15.5 Å². The van der Waals surface area contributed by atoms with Gasteiger partial charge < -0.3 is 15.5 Å². The fraction of sp³-hybridized carbons (Fsp3) is 0.778. The summed E-state index contributed by atoms with van der Waals surface area (Å²) in [7, 11) is 0. The Hall–Kier alpha value is -1.10. The minimum atomic E-state index is -0.462. The van der Waals surface area contributed by atoms with E-state index in [2.05, 4.69) is 10.6 Å². The van der Waals surface area contributed by atoms with Crippen molar-refractivity contribution in [3.05, 3.63) is 0 Å². The first kappa shape index (κ1) is 9.45. The predicted molar refractivity (Wildman–Crippen MR) is 50.6 cm³/mol. The highest BCUT2D eigenvalue weighted by Gasteiger charge is 2.35. The van der Waals surface area contributed by atoms with Crippen molar-refractivity contribution in [2.75, 3.05) is 19.6 Å². The first-order valence-corrected chi connectivity index (χ1v) is 5.00. The van der Waals surface area contributed by atoms with Crippen molar-refractivity contribution >= 4 is 11.8 Å². The van der Waals surface area contributed by atoms with E-state index in [1.165, 1.54) is 0 Å². The molecule has 0 spiro atoms. The summed E-state index contributed by atoms with van der Waals surface area (Å²) in [5, 5.41) is 5.83. The molecule has 5 heteroatoms. The van der Waals surface area contributed by atoms with Crippen LogP contribution in [-0.2, 0) is 9.59 Å². The standard InChI is InChI=1S/C9H15N3O2/c1-6-5-12(7-2-3-10-4-7)9(14)8(13)11-6/h6-7,10H,2-5H2,1H3,(H,11,13). The van der Waals surface area contributed by atoms with Crippen molar-refractivity contribution in [2.24, 2.45) is 0 Å². The highest BCUT2D eigenvalue weighted by molar-refractivity contribution is 6.35. The van der Waals surface area contributed by atoms with E-state index in [0.717, 1.165) is 19.5 Å². The van der Waals surface area contributed by atoms with Crippen molar-refractivity contribution in [3.8, 4) is 0 Å². The van der Waals surface area contributed by atoms with E-state index < -0.39 is 5.91 Å². The lowest BCUT2D eigenvalue weighted by molar-refractivity contribution is -0.150. The van der Waals surface area contributed by atoms with Crippen molar-refractivity contribution in [3.63, 3.8) is 0 Å². The van der Waals surface area contributed by atoms with Crippen molar-refractivity contribution in [2.45, 2.75) is 25.4 Å². The van der Waals surface area contributed by atoms with Crippen LogP contribution in [0.5, 0.6) is 0 Å². The molecule has 2 saturated heterocycles. The van der Waals surface area contributed by atoms with Crippen LogP contribution in [0.4, 0.5) is 0 Å². The molecule has 2 aliphatic rings. The topological polar surface area (TPSA) is 61.4 Å². The maximum absolute atomic E-state index is 11.5. The van der Waals surface area contributed by atoms with Gasteiger partial charge in [0.15, 0.2) is 0 Å². The summed E-state index contributed by atoms with van der Waals surface area (Å²) in [5.74, 6) is -0.840. The van der Waals surface area contributed by atoms with Gasteiger partial charge in [0.05, 0.1) is 0 Å². The molecule has 2 N–H and O–H groups in total.